The molecule has 0 aromatic carbocycles. The molecule has 5 heterocycles. The molecule has 44 heavy (non-hydrogen) atoms. The van der Waals surface area contributed by atoms with Crippen LogP contribution >= 0.6 is 0 Å². The Morgan fingerprint density at radius 2 is 0.500 bits per heavy atom. The topological polar surface area (TPSA) is 126 Å². The van der Waals surface area contributed by atoms with Crippen molar-refractivity contribution in [2.24, 2.45) is 47.3 Å². The lowest BCUT2D eigenvalue weighted by molar-refractivity contribution is 0.167. The predicted octanol–water partition coefficient (Wildman–Crippen LogP) is -0.120. The smallest absolute Gasteiger partial charge is 0.290 e. The number of fused-ring (bicyclic) bond motifs is 20. The molecule has 8 bridgehead atoms. The first kappa shape index (κ1) is 31.3. The maximum absolute atomic E-state index is 7.83. The summed E-state index contributed by atoms with van der Waals surface area (Å²) in [6, 6.07) is 0. The van der Waals surface area contributed by atoms with Crippen molar-refractivity contribution in [1.29, 1.82) is 0 Å². The summed E-state index contributed by atoms with van der Waals surface area (Å²) >= 11 is 0. The first-order chi connectivity index (χ1) is 21.7. The van der Waals surface area contributed by atoms with E-state index in [1.807, 2.05) is 0 Å². The molecule has 4 aliphatic carbocycles. The quantitative estimate of drug-likeness (QED) is 0.178. The van der Waals surface area contributed by atoms with Crippen LogP contribution in [0.15, 0.2) is 0 Å². The minimum atomic E-state index is -1.01. The third kappa shape index (κ3) is 5.95. The van der Waals surface area contributed by atoms with Gasteiger partial charge in [-0.1, -0.05) is 51.4 Å². The molecule has 250 valence electrons. The van der Waals surface area contributed by atoms with Crippen molar-refractivity contribution in [3.63, 3.8) is 0 Å². The van der Waals surface area contributed by atoms with Gasteiger partial charge in [0.15, 0.2) is 0 Å². The molecule has 0 amide bonds. The van der Waals surface area contributed by atoms with Crippen LogP contribution in [-0.4, -0.2) is 74.6 Å². The maximum atomic E-state index is 7.83. The van der Waals surface area contributed by atoms with E-state index in [9.17, 15) is 0 Å². The fourth-order valence-electron chi connectivity index (χ4n) is 12.0. The highest BCUT2D eigenvalue weighted by Crippen LogP contribution is 2.45. The second-order valence-corrected chi connectivity index (χ2v) is 18.6. The zero-order valence-electron chi connectivity index (χ0n) is 27.1. The molecule has 0 aromatic rings. The lowest BCUT2D eigenvalue weighted by Crippen LogP contribution is -2.61. The Balaban J connectivity index is 0.000000684. The van der Waals surface area contributed by atoms with Gasteiger partial charge >= 0.3 is 0 Å². The van der Waals surface area contributed by atoms with Crippen LogP contribution in [0.3, 0.4) is 0 Å². The van der Waals surface area contributed by atoms with Crippen molar-refractivity contribution < 1.29 is 8.91 Å². The van der Waals surface area contributed by atoms with Crippen LogP contribution in [0.5, 0.6) is 0 Å². The second-order valence-electron chi connectivity index (χ2n) is 16.0. The molecular weight excluding hydrogens is 585 g/mol. The van der Waals surface area contributed by atoms with Crippen LogP contribution < -0.4 is 42.5 Å². The van der Waals surface area contributed by atoms with E-state index in [-0.39, 0.29) is 0 Å². The SMILES string of the molecule is C1CCC2C3NC(NC4NC(NC5NC(NC6NC(N3)C3CCCCC63)C3CCCCC53)C3CCCCC43)C2C1.O[SiH2]O[SiH3]. The average molecular weight is 647 g/mol. The lowest BCUT2D eigenvalue weighted by atomic mass is 9.76. The Hall–Kier alpha value is 0.0338. The highest BCUT2D eigenvalue weighted by atomic mass is 28.3. The largest absolute Gasteiger partial charge is 0.449 e. The van der Waals surface area contributed by atoms with E-state index in [1.54, 1.807) is 0 Å². The molecule has 10 nitrogen and oxygen atoms in total. The molecule has 9 N–H and O–H groups in total. The molecule has 4 saturated carbocycles. The van der Waals surface area contributed by atoms with Crippen molar-refractivity contribution in [3.05, 3.63) is 0 Å². The number of hydrogen-bond donors (Lipinski definition) is 9. The van der Waals surface area contributed by atoms with Crippen LogP contribution in [0.2, 0.25) is 0 Å². The summed E-state index contributed by atoms with van der Waals surface area (Å²) < 4.78 is 4.38. The number of rotatable bonds is 1. The summed E-state index contributed by atoms with van der Waals surface area (Å²) in [6.07, 6.45) is 25.6. The van der Waals surface area contributed by atoms with E-state index in [4.69, 9.17) is 4.80 Å². The fraction of sp³-hybridized carbons (Fsp3) is 1.00. The summed E-state index contributed by atoms with van der Waals surface area (Å²) in [4.78, 5) is 7.83. The summed E-state index contributed by atoms with van der Waals surface area (Å²) in [5, 5.41) is 33.8. The molecule has 0 spiro atoms. The van der Waals surface area contributed by atoms with Gasteiger partial charge in [-0.25, -0.2) is 0 Å². The van der Waals surface area contributed by atoms with Crippen molar-refractivity contribution >= 4 is 20.5 Å². The minimum absolute atomic E-state index is 0.420. The number of nitrogens with one attached hydrogen (secondary N) is 8. The van der Waals surface area contributed by atoms with Gasteiger partial charge in [-0.2, -0.15) is 0 Å². The van der Waals surface area contributed by atoms with Crippen molar-refractivity contribution in [2.45, 2.75) is 152 Å². The summed E-state index contributed by atoms with van der Waals surface area (Å²) in [5.74, 6) is 5.97. The molecule has 9 rings (SSSR count). The minimum Gasteiger partial charge on any atom is -0.449 e. The molecule has 0 radical (unpaired) electrons. The van der Waals surface area contributed by atoms with E-state index < -0.39 is 10.0 Å². The van der Waals surface area contributed by atoms with Gasteiger partial charge in [0.05, 0.1) is 49.3 Å². The fourth-order valence-corrected chi connectivity index (χ4v) is 12.0. The Bertz CT molecular complexity index is 761. The van der Waals surface area contributed by atoms with Gasteiger partial charge in [-0.15, -0.1) is 0 Å². The van der Waals surface area contributed by atoms with E-state index in [1.165, 1.54) is 103 Å². The van der Waals surface area contributed by atoms with Crippen LogP contribution in [0.4, 0.5) is 0 Å². The Kier molecular flexibility index (Phi) is 9.87. The van der Waals surface area contributed by atoms with Gasteiger partial charge in [0, 0.05) is 0 Å². The maximum Gasteiger partial charge on any atom is 0.290 e. The summed E-state index contributed by atoms with van der Waals surface area (Å²) in [7, 11) is -0.312. The first-order valence-corrected chi connectivity index (χ1v) is 20.9. The van der Waals surface area contributed by atoms with E-state index in [0.717, 1.165) is 47.3 Å². The lowest BCUT2D eigenvalue weighted by Gasteiger charge is -2.35. The summed E-state index contributed by atoms with van der Waals surface area (Å²) in [6.45, 7) is 0. The Morgan fingerprint density at radius 1 is 0.364 bits per heavy atom. The van der Waals surface area contributed by atoms with Crippen molar-refractivity contribution in [1.82, 2.24) is 42.5 Å². The molecule has 5 aliphatic heterocycles. The Morgan fingerprint density at radius 3 is 0.614 bits per heavy atom. The highest BCUT2D eigenvalue weighted by Gasteiger charge is 2.54. The monoisotopic (exact) mass is 646 g/mol. The van der Waals surface area contributed by atoms with Crippen LogP contribution in [-0.2, 0) is 4.12 Å². The van der Waals surface area contributed by atoms with Crippen molar-refractivity contribution in [3.8, 4) is 0 Å². The molecule has 5 saturated heterocycles. The summed E-state index contributed by atoms with van der Waals surface area (Å²) in [5.41, 5.74) is 0. The van der Waals surface area contributed by atoms with E-state index in [2.05, 4.69) is 46.6 Å². The molecular formula is C32H62N8O2Si2. The molecule has 8 unspecified atom stereocenters. The van der Waals surface area contributed by atoms with E-state index >= 15 is 0 Å². The van der Waals surface area contributed by atoms with Gasteiger partial charge in [0.1, 0.15) is 10.5 Å². The standard InChI is InChI=1S/C32H56N8.H6O2Si2/c1-2-10-18-17(9-1)25-33-26(18)38-28-21-13-5-6-14-22(21)30(35-28)40-32-24-16-8-7-15-23(24)31(36-32)39-29-20-12-4-3-11-19(20)27(34-29)37-25;1-4-2-3/h17-40H,1-16H2;1H,4H2,3H3. The normalized spacial score (nSPS) is 53.4. The Labute approximate surface area is 270 Å². The zero-order chi connectivity index (χ0) is 29.6. The van der Waals surface area contributed by atoms with Crippen LogP contribution in [0.1, 0.15) is 103 Å². The zero-order valence-corrected chi connectivity index (χ0v) is 30.5. The van der Waals surface area contributed by atoms with Gasteiger partial charge in [0.2, 0.25) is 0 Å². The average Bonchev–Trinajstić information content (AvgIpc) is 3.81. The van der Waals surface area contributed by atoms with Gasteiger partial charge < -0.3 is 8.91 Å². The van der Waals surface area contributed by atoms with Gasteiger partial charge in [-0.3, -0.25) is 42.5 Å². The second kappa shape index (κ2) is 13.9. The third-order valence-corrected chi connectivity index (χ3v) is 15.0. The van der Waals surface area contributed by atoms with Gasteiger partial charge in [0.25, 0.3) is 10.0 Å². The molecule has 9 aliphatic rings. The molecule has 12 heteroatoms. The first-order valence-electron chi connectivity index (χ1n) is 18.9. The van der Waals surface area contributed by atoms with E-state index in [0.29, 0.717) is 59.8 Å². The van der Waals surface area contributed by atoms with Crippen LogP contribution in [0.25, 0.3) is 0 Å². The predicted molar refractivity (Wildman–Crippen MR) is 179 cm³/mol. The molecule has 9 fully saturated rings. The third-order valence-electron chi connectivity index (χ3n) is 13.9. The van der Waals surface area contributed by atoms with Gasteiger partial charge in [-0.05, 0) is 98.7 Å². The number of hydrogen-bond acceptors (Lipinski definition) is 10. The van der Waals surface area contributed by atoms with Crippen LogP contribution in [0, 0.1) is 47.3 Å². The molecule has 0 aromatic heterocycles. The highest BCUT2D eigenvalue weighted by molar-refractivity contribution is 6.25. The molecule has 8 atom stereocenters. The van der Waals surface area contributed by atoms with Crippen molar-refractivity contribution in [2.75, 3.05) is 0 Å².